The largest absolute Gasteiger partial charge is 0.433 e. The number of primary sulfonamides is 1. The first-order chi connectivity index (χ1) is 26.0. The minimum absolute atomic E-state index is 0.0640. The van der Waals surface area contributed by atoms with E-state index in [0.29, 0.717) is 36.3 Å². The summed E-state index contributed by atoms with van der Waals surface area (Å²) in [4.78, 5) is 8.04. The lowest BCUT2D eigenvalue weighted by molar-refractivity contribution is -0.141. The zero-order chi connectivity index (χ0) is 41.6. The minimum Gasteiger partial charge on any atom is -0.255 e. The molecule has 2 aromatic heterocycles. The second-order valence-corrected chi connectivity index (χ2v) is 20.9. The van der Waals surface area contributed by atoms with Crippen molar-refractivity contribution < 1.29 is 38.4 Å². The van der Waals surface area contributed by atoms with E-state index in [1.54, 1.807) is 52.9 Å². The monoisotopic (exact) mass is 857 g/mol. The number of alkyl halides is 3. The van der Waals surface area contributed by atoms with Crippen LogP contribution in [0.5, 0.6) is 0 Å². The first kappa shape index (κ1) is 45.3. The van der Waals surface area contributed by atoms with E-state index in [-0.39, 0.29) is 23.5 Å². The lowest BCUT2D eigenvalue weighted by Crippen LogP contribution is -2.39. The van der Waals surface area contributed by atoms with Crippen LogP contribution in [-0.4, -0.2) is 63.6 Å². The van der Waals surface area contributed by atoms with Crippen LogP contribution < -0.4 is 14.6 Å². The van der Waals surface area contributed by atoms with Gasteiger partial charge in [-0.05, 0) is 118 Å². The molecule has 0 radical (unpaired) electrons. The van der Waals surface area contributed by atoms with Gasteiger partial charge in [-0.1, -0.05) is 48.9 Å². The van der Waals surface area contributed by atoms with Gasteiger partial charge in [-0.2, -0.15) is 13.2 Å². The van der Waals surface area contributed by atoms with Crippen LogP contribution in [0.2, 0.25) is 5.02 Å². The first-order valence-electron chi connectivity index (χ1n) is 17.9. The summed E-state index contributed by atoms with van der Waals surface area (Å²) in [6, 6.07) is 18.7. The number of nitrogens with one attached hydrogen (secondary N) is 2. The Bertz CT molecular complexity index is 2330. The van der Waals surface area contributed by atoms with Gasteiger partial charge in [0.2, 0.25) is 30.1 Å². The molecule has 11 nitrogen and oxygen atoms in total. The maximum Gasteiger partial charge on any atom is 0.433 e. The molecule has 0 unspecified atom stereocenters. The Labute approximate surface area is 332 Å². The summed E-state index contributed by atoms with van der Waals surface area (Å²) >= 11 is 5.87. The van der Waals surface area contributed by atoms with Gasteiger partial charge in [0.1, 0.15) is 5.69 Å². The molecule has 4 N–H and O–H groups in total. The fourth-order valence-electron chi connectivity index (χ4n) is 6.04. The van der Waals surface area contributed by atoms with Gasteiger partial charge in [0, 0.05) is 29.4 Å². The summed E-state index contributed by atoms with van der Waals surface area (Å²) in [6.07, 6.45) is 0.249. The average molecular weight is 858 g/mol. The van der Waals surface area contributed by atoms with Gasteiger partial charge in [0.05, 0.1) is 32.7 Å². The fraction of sp³-hybridized carbons (Fsp3) is 0.421. The Balaban J connectivity index is 0.000000214. The lowest BCUT2D eigenvalue weighted by Gasteiger charge is -2.14. The third-order valence-electron chi connectivity index (χ3n) is 9.03. The molecule has 2 aromatic carbocycles. The van der Waals surface area contributed by atoms with Gasteiger partial charge in [0.25, 0.3) is 0 Å². The first-order valence-corrected chi connectivity index (χ1v) is 23.1. The molecule has 0 bridgehead atoms. The third-order valence-corrected chi connectivity index (χ3v) is 14.0. The van der Waals surface area contributed by atoms with Crippen molar-refractivity contribution >= 4 is 41.7 Å². The van der Waals surface area contributed by atoms with Crippen molar-refractivity contribution in [3.63, 3.8) is 0 Å². The van der Waals surface area contributed by atoms with E-state index >= 15 is 0 Å². The highest BCUT2D eigenvalue weighted by molar-refractivity contribution is 7.90. The summed E-state index contributed by atoms with van der Waals surface area (Å²) in [6.45, 7) is 8.37. The molecule has 6 rings (SSSR count). The van der Waals surface area contributed by atoms with Crippen molar-refractivity contribution in [2.75, 3.05) is 5.75 Å². The molecule has 0 saturated heterocycles. The van der Waals surface area contributed by atoms with E-state index in [1.807, 2.05) is 24.3 Å². The van der Waals surface area contributed by atoms with Crippen molar-refractivity contribution in [2.45, 2.75) is 95.5 Å². The van der Waals surface area contributed by atoms with Gasteiger partial charge >= 0.3 is 6.18 Å². The minimum atomic E-state index is -4.49. The van der Waals surface area contributed by atoms with Crippen LogP contribution in [0.4, 0.5) is 13.2 Å². The van der Waals surface area contributed by atoms with Gasteiger partial charge in [-0.15, -0.1) is 0 Å². The van der Waals surface area contributed by atoms with Crippen LogP contribution in [0.15, 0.2) is 72.9 Å². The number of fused-ring (bicyclic) bond motifs is 2. The Morgan fingerprint density at radius 1 is 0.732 bits per heavy atom. The van der Waals surface area contributed by atoms with E-state index in [9.17, 15) is 38.4 Å². The van der Waals surface area contributed by atoms with Crippen LogP contribution in [0.1, 0.15) is 69.0 Å². The van der Waals surface area contributed by atoms with Crippen LogP contribution in [0.3, 0.4) is 0 Å². The molecule has 2 atom stereocenters. The van der Waals surface area contributed by atoms with Crippen molar-refractivity contribution in [3.05, 3.63) is 106 Å². The maximum absolute atomic E-state index is 12.8. The van der Waals surface area contributed by atoms with E-state index in [0.717, 1.165) is 34.9 Å². The Morgan fingerprint density at radius 3 is 1.61 bits per heavy atom. The highest BCUT2D eigenvalue weighted by Crippen LogP contribution is 2.32. The molecule has 0 fully saturated rings. The van der Waals surface area contributed by atoms with E-state index in [2.05, 4.69) is 36.7 Å². The van der Waals surface area contributed by atoms with E-state index < -0.39 is 52.4 Å². The number of hydrogen-bond donors (Lipinski definition) is 3. The van der Waals surface area contributed by atoms with Crippen LogP contribution >= 0.6 is 11.6 Å². The van der Waals surface area contributed by atoms with Gasteiger partial charge in [0.15, 0.2) is 0 Å². The summed E-state index contributed by atoms with van der Waals surface area (Å²) in [5, 5.41) is 4.29. The lowest BCUT2D eigenvalue weighted by atomic mass is 10.0. The second kappa shape index (κ2) is 18.4. The normalized spacial score (nSPS) is 16.8. The van der Waals surface area contributed by atoms with Crippen LogP contribution in [0.25, 0.3) is 22.5 Å². The number of rotatable bonds is 10. The predicted molar refractivity (Wildman–Crippen MR) is 214 cm³/mol. The smallest absolute Gasteiger partial charge is 0.255 e. The van der Waals surface area contributed by atoms with Crippen molar-refractivity contribution in [1.82, 2.24) is 19.4 Å². The van der Waals surface area contributed by atoms with Crippen molar-refractivity contribution in [2.24, 2.45) is 5.14 Å². The summed E-state index contributed by atoms with van der Waals surface area (Å²) < 4.78 is 112. The molecule has 0 aliphatic heterocycles. The highest BCUT2D eigenvalue weighted by atomic mass is 35.5. The number of benzene rings is 2. The third kappa shape index (κ3) is 12.8. The van der Waals surface area contributed by atoms with Gasteiger partial charge in [-0.25, -0.2) is 44.8 Å². The number of nitrogens with two attached hydrogens (primary N) is 1. The molecule has 0 saturated carbocycles. The zero-order valence-electron chi connectivity index (χ0n) is 31.6. The molecule has 0 amide bonds. The number of hydrogen-bond acceptors (Lipinski definition) is 8. The van der Waals surface area contributed by atoms with Crippen molar-refractivity contribution in [1.29, 1.82) is 0 Å². The molecule has 18 heteroatoms. The molecule has 306 valence electrons. The average Bonchev–Trinajstić information content (AvgIpc) is 3.69. The van der Waals surface area contributed by atoms with Gasteiger partial charge < -0.3 is 0 Å². The molecule has 2 heterocycles. The molecule has 2 aliphatic carbocycles. The predicted octanol–water partition coefficient (Wildman–Crippen LogP) is 6.44. The molecular formula is C38H47ClF3N5O6S3. The number of pyridine rings is 2. The quantitative estimate of drug-likeness (QED) is 0.163. The topological polar surface area (TPSA) is 178 Å². The SMILES string of the molecule is CC(C)S(=O)(=O)N[C@H]1Cc2ccc(-c3ccc(Cl)cn3)cc2C1.CC(C)S(=O)(=O)N[C@H]1Cc2ccc(-c3cccc(C(F)(F)F)n3)cc2C1.CCCS(N)(=O)=O. The Morgan fingerprint density at radius 2 is 1.21 bits per heavy atom. The highest BCUT2D eigenvalue weighted by Gasteiger charge is 2.33. The number of sulfonamides is 3. The number of aromatic nitrogens is 2. The summed E-state index contributed by atoms with van der Waals surface area (Å²) in [5.74, 6) is 0.0903. The fourth-order valence-corrected chi connectivity index (χ4v) is 8.53. The van der Waals surface area contributed by atoms with Crippen molar-refractivity contribution in [3.8, 4) is 22.5 Å². The zero-order valence-corrected chi connectivity index (χ0v) is 34.8. The second-order valence-electron chi connectivity index (χ2n) is 14.2. The maximum atomic E-state index is 12.8. The van der Waals surface area contributed by atoms with E-state index in [1.165, 1.54) is 23.3 Å². The Kier molecular flexibility index (Phi) is 14.9. The molecule has 0 spiro atoms. The van der Waals surface area contributed by atoms with Crippen LogP contribution in [0, 0.1) is 0 Å². The van der Waals surface area contributed by atoms with E-state index in [4.69, 9.17) is 11.6 Å². The molecule has 4 aromatic rings. The summed E-state index contributed by atoms with van der Waals surface area (Å²) in [5.41, 5.74) is 6.08. The summed E-state index contributed by atoms with van der Waals surface area (Å²) in [7, 11) is -9.79. The van der Waals surface area contributed by atoms with Gasteiger partial charge in [-0.3, -0.25) is 4.98 Å². The molecule has 56 heavy (non-hydrogen) atoms. The number of halogens is 4. The number of nitrogens with zero attached hydrogens (tertiary/aromatic N) is 2. The van der Waals surface area contributed by atoms with Crippen LogP contribution in [-0.2, 0) is 61.9 Å². The molecular weight excluding hydrogens is 811 g/mol. The molecule has 2 aliphatic rings. The Hall–Kier alpha value is -3.45. The standard InChI is InChI=1S/C18H19F3N2O2S.C17H19ClN2O2S.C3H9NO2S/c1-11(2)26(24,25)23-15-9-12-6-7-13(8-14(12)10-15)16-4-3-5-17(22-16)18(19,20)21;1-11(2)23(21,22)20-16-8-12-3-4-13(7-14(12)9-16)17-6-5-15(18)10-19-17;1-2-3-7(4,5)6/h3-8,11,15,23H,9-10H2,1-2H3;3-7,10-11,16,20H,8-9H2,1-2H3;2-3H2,1H3,(H2,4,5,6)/t15-;16-;/m00./s1.